The molecule has 0 aromatic carbocycles. The maximum Gasteiger partial charge on any atom is 0.333 e. The van der Waals surface area contributed by atoms with Crippen LogP contribution in [-0.2, 0) is 18.4 Å². The van der Waals surface area contributed by atoms with Crippen molar-refractivity contribution in [2.24, 2.45) is 18.9 Å². The molecule has 4 aromatic rings. The molecule has 1 saturated carbocycles. The number of anilines is 2. The Kier molecular flexibility index (Phi) is 5.83. The zero-order valence-electron chi connectivity index (χ0n) is 21.1. The van der Waals surface area contributed by atoms with Crippen molar-refractivity contribution in [1.29, 1.82) is 0 Å². The second kappa shape index (κ2) is 9.21. The van der Waals surface area contributed by atoms with Crippen molar-refractivity contribution in [3.8, 4) is 22.4 Å². The predicted octanol–water partition coefficient (Wildman–Crippen LogP) is 1.49. The van der Waals surface area contributed by atoms with Gasteiger partial charge in [-0.25, -0.2) is 29.3 Å². The Morgan fingerprint density at radius 2 is 1.95 bits per heavy atom. The molecule has 2 fully saturated rings. The minimum Gasteiger partial charge on any atom is -0.340 e. The van der Waals surface area contributed by atoms with Gasteiger partial charge in [0.1, 0.15) is 16.9 Å². The summed E-state index contributed by atoms with van der Waals surface area (Å²) in [6.45, 7) is 5.29. The molecule has 4 aromatic heterocycles. The molecular weight excluding hydrogens is 506 g/mol. The van der Waals surface area contributed by atoms with Gasteiger partial charge in [0.2, 0.25) is 11.9 Å². The van der Waals surface area contributed by atoms with Crippen LogP contribution in [0.1, 0.15) is 26.3 Å². The lowest BCUT2D eigenvalue weighted by Crippen LogP contribution is -2.40. The molecule has 0 bridgehead atoms. The lowest BCUT2D eigenvalue weighted by molar-refractivity contribution is -0.118. The van der Waals surface area contributed by atoms with Gasteiger partial charge in [0.25, 0.3) is 5.56 Å². The zero-order valence-corrected chi connectivity index (χ0v) is 21.9. The molecule has 2 unspecified atom stereocenters. The summed E-state index contributed by atoms with van der Waals surface area (Å²) in [6.07, 6.45) is 6.23. The maximum atomic E-state index is 13.1. The average molecular weight is 532 g/mol. The van der Waals surface area contributed by atoms with Crippen molar-refractivity contribution in [2.75, 3.05) is 23.3 Å². The van der Waals surface area contributed by atoms with Crippen molar-refractivity contribution >= 4 is 40.2 Å². The van der Waals surface area contributed by atoms with Gasteiger partial charge < -0.3 is 14.8 Å². The van der Waals surface area contributed by atoms with Crippen LogP contribution in [0.2, 0.25) is 0 Å². The summed E-state index contributed by atoms with van der Waals surface area (Å²) in [5.74, 6) is 7.78. The lowest BCUT2D eigenvalue weighted by atomic mass is 10.3. The molecule has 1 saturated heterocycles. The highest BCUT2D eigenvalue weighted by Crippen LogP contribution is 2.45. The molecule has 1 aliphatic heterocycles. The highest BCUT2D eigenvalue weighted by Gasteiger charge is 2.45. The molecule has 38 heavy (non-hydrogen) atoms. The van der Waals surface area contributed by atoms with E-state index in [0.717, 1.165) is 41.0 Å². The molecule has 0 spiro atoms. The number of piperidine rings is 1. The van der Waals surface area contributed by atoms with Crippen molar-refractivity contribution in [1.82, 2.24) is 33.6 Å². The highest BCUT2D eigenvalue weighted by atomic mass is 32.1. The van der Waals surface area contributed by atoms with Crippen LogP contribution in [0.15, 0.2) is 33.7 Å². The van der Waals surface area contributed by atoms with Gasteiger partial charge in [0.05, 0.1) is 12.9 Å². The number of aromatic nitrogens is 7. The van der Waals surface area contributed by atoms with Gasteiger partial charge in [0, 0.05) is 43.5 Å². The molecule has 1 N–H and O–H groups in total. The van der Waals surface area contributed by atoms with Crippen molar-refractivity contribution in [3.05, 3.63) is 44.9 Å². The van der Waals surface area contributed by atoms with Crippen molar-refractivity contribution in [2.45, 2.75) is 32.9 Å². The van der Waals surface area contributed by atoms with Crippen molar-refractivity contribution in [3.63, 3.8) is 0 Å². The van der Waals surface area contributed by atoms with Crippen LogP contribution in [0, 0.1) is 23.7 Å². The topological polar surface area (TPSA) is 133 Å². The maximum absolute atomic E-state index is 13.1. The first-order valence-electron chi connectivity index (χ1n) is 12.3. The molecule has 6 rings (SSSR count). The highest BCUT2D eigenvalue weighted by molar-refractivity contribution is 7.13. The number of carbonyl (C=O) groups excluding carboxylic acids is 1. The number of amides is 1. The number of fused-ring (bicyclic) bond motifs is 2. The fourth-order valence-corrected chi connectivity index (χ4v) is 5.58. The average Bonchev–Trinajstić information content (AvgIpc) is 3.31. The normalized spacial score (nSPS) is 18.7. The van der Waals surface area contributed by atoms with Crippen LogP contribution in [-0.4, -0.2) is 52.6 Å². The quantitative estimate of drug-likeness (QED) is 0.370. The SMILES string of the molecule is CC#CCn1c(=O)c2c(ncn2[C@@H](C)C(=O)Nc2csc(-c3cnc(N4CC5CC5C4)nc3)n2)n(C)c1=O. The predicted molar refractivity (Wildman–Crippen MR) is 143 cm³/mol. The third-order valence-corrected chi connectivity index (χ3v) is 8.06. The monoisotopic (exact) mass is 531 g/mol. The minimum absolute atomic E-state index is 0.0466. The molecule has 1 amide bonds. The Bertz CT molecular complexity index is 1730. The van der Waals surface area contributed by atoms with Crippen LogP contribution in [0.3, 0.4) is 0 Å². The fraction of sp³-hybridized carbons (Fsp3) is 0.400. The van der Waals surface area contributed by atoms with Crippen LogP contribution >= 0.6 is 11.3 Å². The van der Waals surface area contributed by atoms with E-state index in [1.165, 1.54) is 40.3 Å². The molecule has 13 heteroatoms. The largest absolute Gasteiger partial charge is 0.340 e. The number of carbonyl (C=O) groups is 1. The van der Waals surface area contributed by atoms with Gasteiger partial charge >= 0.3 is 5.69 Å². The van der Waals surface area contributed by atoms with E-state index in [1.54, 1.807) is 31.6 Å². The second-order valence-electron chi connectivity index (χ2n) is 9.62. The standard InChI is InChI=1S/C25H25N9O3S/c1-4-5-6-33-23(36)19-20(31(3)25(33)37)28-13-34(19)14(2)21(35)29-18-12-38-22(30-18)17-8-26-24(27-9-17)32-10-15-7-16(15)11-32/h8-9,12-16H,6-7,10-11H2,1-3H3,(H,29,35)/t14-,15?,16?/m0/s1. The Labute approximate surface area is 221 Å². The van der Waals surface area contributed by atoms with Gasteiger partial charge in [-0.15, -0.1) is 17.3 Å². The van der Waals surface area contributed by atoms with Crippen molar-refractivity contribution < 1.29 is 4.79 Å². The summed E-state index contributed by atoms with van der Waals surface area (Å²) in [5.41, 5.74) is 0.0591. The van der Waals surface area contributed by atoms with Gasteiger partial charge in [-0.2, -0.15) is 0 Å². The molecule has 12 nitrogen and oxygen atoms in total. The van der Waals surface area contributed by atoms with Gasteiger partial charge in [-0.1, -0.05) is 5.92 Å². The Morgan fingerprint density at radius 1 is 1.21 bits per heavy atom. The number of nitrogens with one attached hydrogen (secondary N) is 1. The summed E-state index contributed by atoms with van der Waals surface area (Å²) in [4.78, 5) is 58.8. The van der Waals surface area contributed by atoms with Crippen LogP contribution < -0.4 is 21.5 Å². The van der Waals surface area contributed by atoms with Gasteiger partial charge in [-0.3, -0.25) is 14.2 Å². The number of rotatable bonds is 6. The van der Waals surface area contributed by atoms with Crippen LogP contribution in [0.4, 0.5) is 11.8 Å². The first-order chi connectivity index (χ1) is 18.4. The van der Waals surface area contributed by atoms with E-state index in [-0.39, 0.29) is 23.6 Å². The first kappa shape index (κ1) is 24.1. The number of imidazole rings is 1. The third-order valence-electron chi connectivity index (χ3n) is 7.17. The van der Waals surface area contributed by atoms with Crippen LogP contribution in [0.5, 0.6) is 0 Å². The Balaban J connectivity index is 1.20. The fourth-order valence-electron chi connectivity index (χ4n) is 4.86. The Morgan fingerprint density at radius 3 is 2.66 bits per heavy atom. The van der Waals surface area contributed by atoms with E-state index in [1.807, 2.05) is 0 Å². The molecule has 2 aliphatic rings. The molecule has 1 aliphatic carbocycles. The van der Waals surface area contributed by atoms with E-state index >= 15 is 0 Å². The van der Waals surface area contributed by atoms with E-state index in [4.69, 9.17) is 0 Å². The molecule has 3 atom stereocenters. The number of nitrogens with zero attached hydrogens (tertiary/aromatic N) is 8. The Hall–Kier alpha value is -4.31. The summed E-state index contributed by atoms with van der Waals surface area (Å²) in [6, 6.07) is -0.796. The molecule has 5 heterocycles. The summed E-state index contributed by atoms with van der Waals surface area (Å²) >= 11 is 1.37. The minimum atomic E-state index is -0.796. The van der Waals surface area contributed by atoms with Gasteiger partial charge in [0.15, 0.2) is 11.2 Å². The smallest absolute Gasteiger partial charge is 0.333 e. The van der Waals surface area contributed by atoms with E-state index in [0.29, 0.717) is 10.8 Å². The summed E-state index contributed by atoms with van der Waals surface area (Å²) < 4.78 is 3.78. The second-order valence-corrected chi connectivity index (χ2v) is 10.5. The van der Waals surface area contributed by atoms with E-state index < -0.39 is 17.3 Å². The number of aryl methyl sites for hydroxylation is 1. The number of thiazole rings is 1. The van der Waals surface area contributed by atoms with E-state index in [2.05, 4.69) is 42.0 Å². The van der Waals surface area contributed by atoms with Gasteiger partial charge in [-0.05, 0) is 32.1 Å². The van der Waals surface area contributed by atoms with Crippen LogP contribution in [0.25, 0.3) is 21.7 Å². The number of hydrogen-bond acceptors (Lipinski definition) is 9. The summed E-state index contributed by atoms with van der Waals surface area (Å²) in [5, 5.41) is 5.24. The molecule has 0 radical (unpaired) electrons. The number of hydrogen-bond donors (Lipinski definition) is 1. The molecule has 194 valence electrons. The third kappa shape index (κ3) is 4.06. The summed E-state index contributed by atoms with van der Waals surface area (Å²) in [7, 11) is 1.53. The lowest BCUT2D eigenvalue weighted by Gasteiger charge is -2.17. The zero-order chi connectivity index (χ0) is 26.6. The first-order valence-corrected chi connectivity index (χ1v) is 13.1. The molecular formula is C25H25N9O3S. The van der Waals surface area contributed by atoms with E-state index in [9.17, 15) is 14.4 Å².